The third-order valence-electron chi connectivity index (χ3n) is 5.23. The number of hydrogen-bond donors (Lipinski definition) is 2. The molecule has 0 aliphatic heterocycles. The van der Waals surface area contributed by atoms with Gasteiger partial charge in [0.15, 0.2) is 5.82 Å². The van der Waals surface area contributed by atoms with Crippen LogP contribution >= 0.6 is 0 Å². The van der Waals surface area contributed by atoms with Crippen LogP contribution in [0.25, 0.3) is 10.8 Å². The normalized spacial score (nSPS) is 11.8. The van der Waals surface area contributed by atoms with E-state index in [1.165, 1.54) is 6.20 Å². The molecule has 4 rings (SSSR count). The van der Waals surface area contributed by atoms with Crippen LogP contribution in [0.1, 0.15) is 21.7 Å². The number of aromatic nitrogens is 2. The number of nitrogens with one attached hydrogen (secondary N) is 1. The van der Waals surface area contributed by atoms with Crippen molar-refractivity contribution in [2.24, 2.45) is 5.73 Å². The predicted molar refractivity (Wildman–Crippen MR) is 121 cm³/mol. The fourth-order valence-electron chi connectivity index (χ4n) is 3.63. The smallest absolute Gasteiger partial charge is 0.287 e. The number of fused-ring (bicyclic) bond motifs is 1. The Morgan fingerprint density at radius 3 is 2.38 bits per heavy atom. The van der Waals surface area contributed by atoms with E-state index < -0.39 is 23.6 Å². The largest absolute Gasteiger partial charge is 0.363 e. The van der Waals surface area contributed by atoms with Gasteiger partial charge < -0.3 is 15.6 Å². The minimum atomic E-state index is -1.09. The van der Waals surface area contributed by atoms with E-state index in [1.807, 2.05) is 66.7 Å². The number of rotatable bonds is 8. The molecule has 0 aliphatic rings. The lowest BCUT2D eigenvalue weighted by Gasteiger charge is -2.17. The lowest BCUT2D eigenvalue weighted by Crippen LogP contribution is -2.47. The lowest BCUT2D eigenvalue weighted by molar-refractivity contribution is -0.137. The van der Waals surface area contributed by atoms with E-state index in [4.69, 9.17) is 5.73 Å². The van der Waals surface area contributed by atoms with Crippen molar-refractivity contribution in [1.29, 1.82) is 0 Å². The number of benzene rings is 3. The summed E-state index contributed by atoms with van der Waals surface area (Å²) in [6, 6.07) is 22.2. The predicted octanol–water partition coefficient (Wildman–Crippen LogP) is 2.48. The first-order valence-electron chi connectivity index (χ1n) is 10.2. The molecule has 2 amide bonds. The van der Waals surface area contributed by atoms with Gasteiger partial charge in [-0.3, -0.25) is 14.4 Å². The number of imidazole rings is 1. The Hall–Kier alpha value is -4.26. The molecule has 1 aromatic heterocycles. The molecule has 0 fully saturated rings. The maximum Gasteiger partial charge on any atom is 0.287 e. The van der Waals surface area contributed by atoms with Crippen LogP contribution in [0.5, 0.6) is 0 Å². The molecule has 0 spiro atoms. The molecule has 1 heterocycles. The first-order chi connectivity index (χ1) is 15.5. The summed E-state index contributed by atoms with van der Waals surface area (Å²) in [5, 5.41) is 4.87. The van der Waals surface area contributed by atoms with Gasteiger partial charge in [0.05, 0.1) is 0 Å². The van der Waals surface area contributed by atoms with Crippen molar-refractivity contribution in [3.8, 4) is 0 Å². The summed E-state index contributed by atoms with van der Waals surface area (Å²) in [5.41, 5.74) is 7.00. The minimum Gasteiger partial charge on any atom is -0.363 e. The fourth-order valence-corrected chi connectivity index (χ4v) is 3.63. The van der Waals surface area contributed by atoms with Crippen LogP contribution in [0.15, 0.2) is 85.2 Å². The number of carbonyl (C=O) groups excluding carboxylic acids is 3. The third-order valence-corrected chi connectivity index (χ3v) is 5.23. The summed E-state index contributed by atoms with van der Waals surface area (Å²) in [6.07, 6.45) is 3.38. The van der Waals surface area contributed by atoms with Gasteiger partial charge in [0.2, 0.25) is 5.78 Å². The highest BCUT2D eigenvalue weighted by Gasteiger charge is 2.27. The van der Waals surface area contributed by atoms with Crippen molar-refractivity contribution >= 4 is 28.4 Å². The molecule has 4 aromatic rings. The standard InChI is InChI=1S/C25H22N4O3/c26-23(31)22(30)21(15-17-6-2-1-3-7-17)28-25(32)24-27-12-13-29(24)16-18-10-11-19-8-4-5-9-20(19)14-18/h1-14,21H,15-16H2,(H2,26,31)(H,28,32)/t21-/m0/s1. The van der Waals surface area contributed by atoms with Crippen LogP contribution in [0.4, 0.5) is 0 Å². The highest BCUT2D eigenvalue weighted by molar-refractivity contribution is 6.38. The first kappa shape index (κ1) is 21.0. The number of carbonyl (C=O) groups is 3. The van der Waals surface area contributed by atoms with Gasteiger partial charge in [-0.15, -0.1) is 0 Å². The average Bonchev–Trinajstić information content (AvgIpc) is 3.27. The van der Waals surface area contributed by atoms with Crippen LogP contribution in [-0.2, 0) is 22.6 Å². The average molecular weight is 426 g/mol. The number of ketones is 1. The second kappa shape index (κ2) is 9.26. The Bertz CT molecular complexity index is 1280. The number of nitrogens with two attached hydrogens (primary N) is 1. The van der Waals surface area contributed by atoms with Crippen LogP contribution < -0.4 is 11.1 Å². The number of hydrogen-bond acceptors (Lipinski definition) is 4. The molecule has 3 N–H and O–H groups in total. The van der Waals surface area contributed by atoms with Gasteiger partial charge >= 0.3 is 0 Å². The highest BCUT2D eigenvalue weighted by Crippen LogP contribution is 2.17. The van der Waals surface area contributed by atoms with E-state index in [-0.39, 0.29) is 12.2 Å². The van der Waals surface area contributed by atoms with Gasteiger partial charge in [0, 0.05) is 25.4 Å². The van der Waals surface area contributed by atoms with Crippen molar-refractivity contribution in [2.75, 3.05) is 0 Å². The van der Waals surface area contributed by atoms with Crippen molar-refractivity contribution in [3.05, 3.63) is 102 Å². The van der Waals surface area contributed by atoms with Crippen molar-refractivity contribution < 1.29 is 14.4 Å². The van der Waals surface area contributed by atoms with Crippen LogP contribution in [-0.4, -0.2) is 33.2 Å². The molecule has 0 bridgehead atoms. The summed E-state index contributed by atoms with van der Waals surface area (Å²) in [4.78, 5) is 41.0. The quantitative estimate of drug-likeness (QED) is 0.422. The molecule has 0 aliphatic carbocycles. The van der Waals surface area contributed by atoms with E-state index in [0.29, 0.717) is 6.54 Å². The number of amides is 2. The van der Waals surface area contributed by atoms with Gasteiger partial charge in [-0.2, -0.15) is 0 Å². The van der Waals surface area contributed by atoms with E-state index in [9.17, 15) is 14.4 Å². The first-order valence-corrected chi connectivity index (χ1v) is 10.2. The van der Waals surface area contributed by atoms with Crippen LogP contribution in [0.2, 0.25) is 0 Å². The van der Waals surface area contributed by atoms with Gasteiger partial charge in [-0.1, -0.05) is 66.7 Å². The Kier molecular flexibility index (Phi) is 6.07. The van der Waals surface area contributed by atoms with E-state index in [0.717, 1.165) is 21.9 Å². The zero-order valence-electron chi connectivity index (χ0n) is 17.3. The zero-order valence-corrected chi connectivity index (χ0v) is 17.3. The van der Waals surface area contributed by atoms with E-state index >= 15 is 0 Å². The van der Waals surface area contributed by atoms with Crippen molar-refractivity contribution in [3.63, 3.8) is 0 Å². The molecular formula is C25H22N4O3. The third kappa shape index (κ3) is 4.73. The highest BCUT2D eigenvalue weighted by atomic mass is 16.2. The fraction of sp³-hybridized carbons (Fsp3) is 0.120. The summed E-state index contributed by atoms with van der Waals surface area (Å²) < 4.78 is 1.70. The molecule has 32 heavy (non-hydrogen) atoms. The number of primary amides is 1. The summed E-state index contributed by atoms with van der Waals surface area (Å²) in [7, 11) is 0. The van der Waals surface area contributed by atoms with Crippen molar-refractivity contribution in [1.82, 2.24) is 14.9 Å². The number of Topliss-reactive ketones (excluding diaryl/α,β-unsaturated/α-hetero) is 1. The van der Waals surface area contributed by atoms with Gasteiger partial charge in [0.25, 0.3) is 11.8 Å². The van der Waals surface area contributed by atoms with E-state index in [1.54, 1.807) is 10.8 Å². The van der Waals surface area contributed by atoms with Crippen molar-refractivity contribution in [2.45, 2.75) is 19.0 Å². The van der Waals surface area contributed by atoms with Crippen LogP contribution in [0, 0.1) is 0 Å². The molecule has 7 nitrogen and oxygen atoms in total. The zero-order chi connectivity index (χ0) is 22.5. The Morgan fingerprint density at radius 1 is 0.906 bits per heavy atom. The Labute approximate surface area is 184 Å². The molecule has 160 valence electrons. The summed E-state index contributed by atoms with van der Waals surface area (Å²) in [5.74, 6) is -2.35. The molecule has 0 radical (unpaired) electrons. The number of nitrogens with zero attached hydrogens (tertiary/aromatic N) is 2. The van der Waals surface area contributed by atoms with Gasteiger partial charge in [0.1, 0.15) is 6.04 Å². The second-order valence-electron chi connectivity index (χ2n) is 7.50. The minimum absolute atomic E-state index is 0.147. The summed E-state index contributed by atoms with van der Waals surface area (Å²) >= 11 is 0. The monoisotopic (exact) mass is 426 g/mol. The maximum atomic E-state index is 13.0. The molecule has 0 saturated heterocycles. The molecule has 3 aromatic carbocycles. The Morgan fingerprint density at radius 2 is 1.62 bits per heavy atom. The van der Waals surface area contributed by atoms with E-state index in [2.05, 4.69) is 16.4 Å². The van der Waals surface area contributed by atoms with Crippen LogP contribution in [0.3, 0.4) is 0 Å². The SMILES string of the molecule is NC(=O)C(=O)[C@H](Cc1ccccc1)NC(=O)c1nccn1Cc1ccc2ccccc2c1. The molecule has 0 unspecified atom stereocenters. The lowest BCUT2D eigenvalue weighted by atomic mass is 10.0. The second-order valence-corrected chi connectivity index (χ2v) is 7.50. The maximum absolute atomic E-state index is 13.0. The Balaban J connectivity index is 1.54. The molecule has 7 heteroatoms. The summed E-state index contributed by atoms with van der Waals surface area (Å²) in [6.45, 7) is 0.431. The molecule has 1 atom stereocenters. The molecular weight excluding hydrogens is 404 g/mol. The van der Waals surface area contributed by atoms with Gasteiger partial charge in [-0.25, -0.2) is 4.98 Å². The van der Waals surface area contributed by atoms with Gasteiger partial charge in [-0.05, 0) is 28.0 Å². The molecule has 0 saturated carbocycles. The topological polar surface area (TPSA) is 107 Å².